The maximum atomic E-state index is 12.3. The maximum absolute atomic E-state index is 12.3. The minimum absolute atomic E-state index is 0.0155. The SMILES string of the molecule is COc1cccc(-c2cnc(C(=O)C(C)C)c(NCCN)c2)c1. The van der Waals surface area contributed by atoms with Crippen molar-refractivity contribution in [2.75, 3.05) is 25.5 Å². The van der Waals surface area contributed by atoms with Crippen molar-refractivity contribution in [3.8, 4) is 16.9 Å². The largest absolute Gasteiger partial charge is 0.497 e. The summed E-state index contributed by atoms with van der Waals surface area (Å²) in [5.41, 5.74) is 8.64. The number of benzene rings is 1. The molecule has 0 fully saturated rings. The molecule has 1 heterocycles. The Labute approximate surface area is 136 Å². The summed E-state index contributed by atoms with van der Waals surface area (Å²) in [5, 5.41) is 3.20. The number of carbonyl (C=O) groups excluding carboxylic acids is 1. The fourth-order valence-electron chi connectivity index (χ4n) is 2.24. The normalized spacial score (nSPS) is 10.7. The molecule has 23 heavy (non-hydrogen) atoms. The number of Topliss-reactive ketones (excluding diaryl/α,β-unsaturated/α-hetero) is 1. The van der Waals surface area contributed by atoms with Gasteiger partial charge in [-0.1, -0.05) is 26.0 Å². The van der Waals surface area contributed by atoms with E-state index in [-0.39, 0.29) is 11.7 Å². The number of anilines is 1. The van der Waals surface area contributed by atoms with Gasteiger partial charge in [0, 0.05) is 30.8 Å². The van der Waals surface area contributed by atoms with Gasteiger partial charge in [-0.2, -0.15) is 0 Å². The Morgan fingerprint density at radius 3 is 2.74 bits per heavy atom. The van der Waals surface area contributed by atoms with Crippen LogP contribution < -0.4 is 15.8 Å². The van der Waals surface area contributed by atoms with Crippen LogP contribution in [0.25, 0.3) is 11.1 Å². The highest BCUT2D eigenvalue weighted by atomic mass is 16.5. The molecular formula is C18H23N3O2. The Balaban J connectivity index is 2.44. The predicted octanol–water partition coefficient (Wildman–Crippen LogP) is 2.97. The Morgan fingerprint density at radius 2 is 2.09 bits per heavy atom. The lowest BCUT2D eigenvalue weighted by Gasteiger charge is -2.13. The second-order valence-corrected chi connectivity index (χ2v) is 5.59. The Kier molecular flexibility index (Phi) is 5.71. The van der Waals surface area contributed by atoms with Gasteiger partial charge in [-0.05, 0) is 23.8 Å². The van der Waals surface area contributed by atoms with E-state index >= 15 is 0 Å². The third-order valence-electron chi connectivity index (χ3n) is 3.51. The average Bonchev–Trinajstić information content (AvgIpc) is 2.59. The number of ether oxygens (including phenoxy) is 1. The van der Waals surface area contributed by atoms with Crippen LogP contribution in [0, 0.1) is 5.92 Å². The first kappa shape index (κ1) is 17.0. The van der Waals surface area contributed by atoms with Crippen LogP contribution in [-0.2, 0) is 0 Å². The smallest absolute Gasteiger partial charge is 0.185 e. The summed E-state index contributed by atoms with van der Waals surface area (Å²) in [5.74, 6) is 0.687. The van der Waals surface area contributed by atoms with E-state index in [9.17, 15) is 4.79 Å². The van der Waals surface area contributed by atoms with E-state index in [1.54, 1.807) is 13.3 Å². The number of ketones is 1. The zero-order valence-corrected chi connectivity index (χ0v) is 13.8. The lowest BCUT2D eigenvalue weighted by molar-refractivity contribution is 0.0935. The number of aromatic nitrogens is 1. The molecule has 1 aromatic heterocycles. The van der Waals surface area contributed by atoms with Gasteiger partial charge in [0.1, 0.15) is 11.4 Å². The highest BCUT2D eigenvalue weighted by Gasteiger charge is 2.17. The third-order valence-corrected chi connectivity index (χ3v) is 3.51. The van der Waals surface area contributed by atoms with Gasteiger partial charge < -0.3 is 15.8 Å². The molecule has 0 bridgehead atoms. The molecule has 0 aliphatic heterocycles. The topological polar surface area (TPSA) is 77.2 Å². The van der Waals surface area contributed by atoms with Gasteiger partial charge in [0.15, 0.2) is 5.78 Å². The molecule has 0 unspecified atom stereocenters. The molecular weight excluding hydrogens is 290 g/mol. The van der Waals surface area contributed by atoms with Gasteiger partial charge in [-0.25, -0.2) is 0 Å². The van der Waals surface area contributed by atoms with E-state index in [0.29, 0.717) is 18.8 Å². The van der Waals surface area contributed by atoms with Crippen LogP contribution in [0.2, 0.25) is 0 Å². The van der Waals surface area contributed by atoms with Gasteiger partial charge in [-0.15, -0.1) is 0 Å². The zero-order chi connectivity index (χ0) is 16.8. The summed E-state index contributed by atoms with van der Waals surface area (Å²) >= 11 is 0. The molecule has 5 nitrogen and oxygen atoms in total. The molecule has 0 aliphatic carbocycles. The Bertz CT molecular complexity index is 684. The summed E-state index contributed by atoms with van der Waals surface area (Å²) in [6, 6.07) is 9.67. The monoisotopic (exact) mass is 313 g/mol. The average molecular weight is 313 g/mol. The molecule has 0 saturated carbocycles. The maximum Gasteiger partial charge on any atom is 0.185 e. The number of hydrogen-bond acceptors (Lipinski definition) is 5. The minimum Gasteiger partial charge on any atom is -0.497 e. The van der Waals surface area contributed by atoms with Crippen molar-refractivity contribution < 1.29 is 9.53 Å². The summed E-state index contributed by atoms with van der Waals surface area (Å²) in [4.78, 5) is 16.7. The van der Waals surface area contributed by atoms with Crippen molar-refractivity contribution in [1.82, 2.24) is 4.98 Å². The van der Waals surface area contributed by atoms with Gasteiger partial charge >= 0.3 is 0 Å². The molecule has 0 atom stereocenters. The Hall–Kier alpha value is -2.40. The molecule has 0 spiro atoms. The number of nitrogens with one attached hydrogen (secondary N) is 1. The van der Waals surface area contributed by atoms with E-state index in [4.69, 9.17) is 10.5 Å². The number of methoxy groups -OCH3 is 1. The van der Waals surface area contributed by atoms with Crippen LogP contribution in [0.5, 0.6) is 5.75 Å². The fourth-order valence-corrected chi connectivity index (χ4v) is 2.24. The van der Waals surface area contributed by atoms with Gasteiger partial charge in [0.2, 0.25) is 0 Å². The fraction of sp³-hybridized carbons (Fsp3) is 0.333. The number of hydrogen-bond donors (Lipinski definition) is 2. The molecule has 1 aromatic carbocycles. The van der Waals surface area contributed by atoms with Crippen LogP contribution in [0.1, 0.15) is 24.3 Å². The van der Waals surface area contributed by atoms with E-state index in [1.807, 2.05) is 44.2 Å². The first-order chi connectivity index (χ1) is 11.1. The van der Waals surface area contributed by atoms with Crippen molar-refractivity contribution in [3.05, 3.63) is 42.2 Å². The second-order valence-electron chi connectivity index (χ2n) is 5.59. The molecule has 0 amide bonds. The van der Waals surface area contributed by atoms with Crippen LogP contribution in [-0.4, -0.2) is 31.0 Å². The first-order valence-electron chi connectivity index (χ1n) is 7.69. The Morgan fingerprint density at radius 1 is 1.30 bits per heavy atom. The molecule has 122 valence electrons. The van der Waals surface area contributed by atoms with Crippen molar-refractivity contribution in [2.45, 2.75) is 13.8 Å². The zero-order valence-electron chi connectivity index (χ0n) is 13.8. The quantitative estimate of drug-likeness (QED) is 0.768. The third kappa shape index (κ3) is 4.07. The molecule has 0 aliphatic rings. The van der Waals surface area contributed by atoms with Gasteiger partial charge in [-0.3, -0.25) is 9.78 Å². The predicted molar refractivity (Wildman–Crippen MR) is 92.9 cm³/mol. The summed E-state index contributed by atoms with van der Waals surface area (Å²) in [6.45, 7) is 4.81. The standard InChI is InChI=1S/C18H23N3O2/c1-12(2)18(22)17-16(20-8-7-19)10-14(11-21-17)13-5-4-6-15(9-13)23-3/h4-6,9-12,20H,7-8,19H2,1-3H3. The minimum atomic E-state index is -0.108. The van der Waals surface area contributed by atoms with Crippen molar-refractivity contribution in [3.63, 3.8) is 0 Å². The number of pyridine rings is 1. The van der Waals surface area contributed by atoms with E-state index in [2.05, 4.69) is 10.3 Å². The number of rotatable bonds is 7. The van der Waals surface area contributed by atoms with Crippen LogP contribution >= 0.6 is 0 Å². The van der Waals surface area contributed by atoms with E-state index in [0.717, 1.165) is 22.6 Å². The number of nitrogens with zero attached hydrogens (tertiary/aromatic N) is 1. The first-order valence-corrected chi connectivity index (χ1v) is 7.69. The lowest BCUT2D eigenvalue weighted by Crippen LogP contribution is -2.18. The highest BCUT2D eigenvalue weighted by Crippen LogP contribution is 2.27. The van der Waals surface area contributed by atoms with Crippen LogP contribution in [0.4, 0.5) is 5.69 Å². The van der Waals surface area contributed by atoms with Crippen molar-refractivity contribution in [1.29, 1.82) is 0 Å². The molecule has 2 aromatic rings. The highest BCUT2D eigenvalue weighted by molar-refractivity contribution is 6.01. The number of carbonyl (C=O) groups is 1. The van der Waals surface area contributed by atoms with Crippen LogP contribution in [0.15, 0.2) is 36.5 Å². The van der Waals surface area contributed by atoms with Crippen LogP contribution in [0.3, 0.4) is 0 Å². The van der Waals surface area contributed by atoms with Crippen molar-refractivity contribution in [2.24, 2.45) is 11.7 Å². The van der Waals surface area contributed by atoms with Gasteiger partial charge in [0.05, 0.1) is 12.8 Å². The summed E-state index contributed by atoms with van der Waals surface area (Å²) in [7, 11) is 1.63. The summed E-state index contributed by atoms with van der Waals surface area (Å²) in [6.07, 6.45) is 1.72. The van der Waals surface area contributed by atoms with E-state index in [1.165, 1.54) is 0 Å². The van der Waals surface area contributed by atoms with Gasteiger partial charge in [0.25, 0.3) is 0 Å². The molecule has 3 N–H and O–H groups in total. The molecule has 0 radical (unpaired) electrons. The second kappa shape index (κ2) is 7.74. The number of nitrogens with two attached hydrogens (primary N) is 1. The molecule has 2 rings (SSSR count). The molecule has 5 heteroatoms. The van der Waals surface area contributed by atoms with E-state index < -0.39 is 0 Å². The van der Waals surface area contributed by atoms with Crippen molar-refractivity contribution >= 4 is 11.5 Å². The molecule has 0 saturated heterocycles. The summed E-state index contributed by atoms with van der Waals surface area (Å²) < 4.78 is 5.26. The lowest BCUT2D eigenvalue weighted by atomic mass is 10.0.